The third kappa shape index (κ3) is 3.50. The topological polar surface area (TPSA) is 64.0 Å². The van der Waals surface area contributed by atoms with Crippen molar-refractivity contribution in [2.45, 2.75) is 11.4 Å². The third-order valence-corrected chi connectivity index (χ3v) is 4.71. The number of nitrogens with zero attached hydrogens (tertiary/aromatic N) is 2. The van der Waals surface area contributed by atoms with Crippen LogP contribution >= 0.6 is 0 Å². The van der Waals surface area contributed by atoms with Gasteiger partial charge in [0.2, 0.25) is 10.0 Å². The fraction of sp³-hybridized carbons (Fsp3) is 0.0625. The number of hydrogen-bond acceptors (Lipinski definition) is 3. The maximum atomic E-state index is 13.2. The van der Waals surface area contributed by atoms with Crippen LogP contribution in [0.1, 0.15) is 5.69 Å². The van der Waals surface area contributed by atoms with Gasteiger partial charge in [-0.1, -0.05) is 18.2 Å². The van der Waals surface area contributed by atoms with Gasteiger partial charge in [0.25, 0.3) is 0 Å². The predicted octanol–water partition coefficient (Wildman–Crippen LogP) is 2.63. The summed E-state index contributed by atoms with van der Waals surface area (Å²) in [5.41, 5.74) is 1.33. The molecule has 24 heavy (non-hydrogen) atoms. The van der Waals surface area contributed by atoms with Crippen molar-refractivity contribution in [3.8, 4) is 5.69 Å². The Morgan fingerprint density at radius 2 is 1.75 bits per heavy atom. The second-order valence-electron chi connectivity index (χ2n) is 4.99. The van der Waals surface area contributed by atoms with Crippen LogP contribution in [0.3, 0.4) is 0 Å². The lowest BCUT2D eigenvalue weighted by molar-refractivity contribution is 0.504. The number of rotatable bonds is 5. The van der Waals surface area contributed by atoms with Crippen molar-refractivity contribution in [3.63, 3.8) is 0 Å². The zero-order chi connectivity index (χ0) is 17.2. The summed E-state index contributed by atoms with van der Waals surface area (Å²) in [4.78, 5) is -0.344. The van der Waals surface area contributed by atoms with E-state index in [2.05, 4.69) is 9.82 Å². The number of aromatic nitrogens is 2. The quantitative estimate of drug-likeness (QED) is 0.770. The van der Waals surface area contributed by atoms with Crippen molar-refractivity contribution in [2.24, 2.45) is 0 Å². The van der Waals surface area contributed by atoms with Crippen molar-refractivity contribution >= 4 is 10.0 Å². The Kier molecular flexibility index (Phi) is 4.41. The number of para-hydroxylation sites is 1. The summed E-state index contributed by atoms with van der Waals surface area (Å²) in [6.45, 7) is -0.0683. The van der Waals surface area contributed by atoms with E-state index in [0.29, 0.717) is 11.8 Å². The van der Waals surface area contributed by atoms with Crippen LogP contribution in [-0.4, -0.2) is 18.2 Å². The molecule has 1 N–H and O–H groups in total. The highest BCUT2D eigenvalue weighted by Gasteiger charge is 2.16. The first-order valence-corrected chi connectivity index (χ1v) is 8.49. The van der Waals surface area contributed by atoms with E-state index >= 15 is 0 Å². The van der Waals surface area contributed by atoms with Crippen LogP contribution in [-0.2, 0) is 16.6 Å². The predicted molar refractivity (Wildman–Crippen MR) is 83.9 cm³/mol. The largest absolute Gasteiger partial charge is 0.241 e. The minimum atomic E-state index is -3.96. The zero-order valence-corrected chi connectivity index (χ0v) is 13.2. The van der Waals surface area contributed by atoms with E-state index in [-0.39, 0.29) is 11.4 Å². The lowest BCUT2D eigenvalue weighted by Crippen LogP contribution is -2.23. The van der Waals surface area contributed by atoms with E-state index in [4.69, 9.17) is 0 Å². The van der Waals surface area contributed by atoms with Gasteiger partial charge in [0.1, 0.15) is 0 Å². The van der Waals surface area contributed by atoms with E-state index in [0.717, 1.165) is 17.8 Å². The number of benzene rings is 2. The molecular weight excluding hydrogens is 336 g/mol. The molecule has 124 valence electrons. The van der Waals surface area contributed by atoms with Crippen LogP contribution in [0.5, 0.6) is 0 Å². The number of halogens is 2. The lowest BCUT2D eigenvalue weighted by Gasteiger charge is -2.06. The highest BCUT2D eigenvalue weighted by Crippen LogP contribution is 2.14. The molecule has 0 unspecified atom stereocenters. The monoisotopic (exact) mass is 349 g/mol. The number of hydrogen-bond donors (Lipinski definition) is 1. The van der Waals surface area contributed by atoms with E-state index in [1.807, 2.05) is 30.3 Å². The van der Waals surface area contributed by atoms with Gasteiger partial charge < -0.3 is 0 Å². The van der Waals surface area contributed by atoms with E-state index < -0.39 is 21.7 Å². The zero-order valence-electron chi connectivity index (χ0n) is 12.4. The Morgan fingerprint density at radius 3 is 2.46 bits per heavy atom. The highest BCUT2D eigenvalue weighted by molar-refractivity contribution is 7.89. The molecule has 0 aliphatic rings. The molecule has 8 heteroatoms. The van der Waals surface area contributed by atoms with Crippen molar-refractivity contribution < 1.29 is 17.2 Å². The molecule has 0 bridgehead atoms. The molecule has 3 aromatic rings. The van der Waals surface area contributed by atoms with Crippen LogP contribution in [0, 0.1) is 11.6 Å². The molecule has 0 aliphatic heterocycles. The summed E-state index contributed by atoms with van der Waals surface area (Å²) >= 11 is 0. The van der Waals surface area contributed by atoms with E-state index in [9.17, 15) is 17.2 Å². The maximum absolute atomic E-state index is 13.2. The molecule has 0 radical (unpaired) electrons. The summed E-state index contributed by atoms with van der Waals surface area (Å²) in [7, 11) is -3.96. The highest BCUT2D eigenvalue weighted by atomic mass is 32.2. The van der Waals surface area contributed by atoms with Crippen molar-refractivity contribution in [3.05, 3.63) is 78.1 Å². The fourth-order valence-electron chi connectivity index (χ4n) is 2.08. The fourth-order valence-corrected chi connectivity index (χ4v) is 3.09. The van der Waals surface area contributed by atoms with E-state index in [1.54, 1.807) is 16.9 Å². The third-order valence-electron chi connectivity index (χ3n) is 3.31. The van der Waals surface area contributed by atoms with Crippen LogP contribution in [0.4, 0.5) is 8.78 Å². The molecule has 0 saturated heterocycles. The first-order valence-electron chi connectivity index (χ1n) is 7.00. The smallest absolute Gasteiger partial charge is 0.241 e. The van der Waals surface area contributed by atoms with Crippen LogP contribution in [0.2, 0.25) is 0 Å². The van der Waals surface area contributed by atoms with Gasteiger partial charge >= 0.3 is 0 Å². The van der Waals surface area contributed by atoms with Gasteiger partial charge in [0.15, 0.2) is 11.6 Å². The number of sulfonamides is 1. The Labute approximate surface area is 137 Å². The minimum Gasteiger partial charge on any atom is -0.241 e. The Bertz CT molecular complexity index is 956. The molecular formula is C16H13F2N3O2S. The molecule has 0 fully saturated rings. The average molecular weight is 349 g/mol. The summed E-state index contributed by atoms with van der Waals surface area (Å²) in [5.74, 6) is -2.32. The van der Waals surface area contributed by atoms with Gasteiger partial charge in [0, 0.05) is 6.20 Å². The standard InChI is InChI=1S/C16H13F2N3O2S/c17-15-7-6-14(10-16(15)18)24(22,23)19-11-12-8-9-21(20-12)13-4-2-1-3-5-13/h1-10,19H,11H2. The Balaban J connectivity index is 1.73. The van der Waals surface area contributed by atoms with Crippen molar-refractivity contribution in [2.75, 3.05) is 0 Å². The Hall–Kier alpha value is -2.58. The van der Waals surface area contributed by atoms with Gasteiger partial charge in [0.05, 0.1) is 22.8 Å². The molecule has 0 atom stereocenters. The van der Waals surface area contributed by atoms with Gasteiger partial charge in [-0.2, -0.15) is 5.10 Å². The molecule has 2 aromatic carbocycles. The molecule has 3 rings (SSSR count). The lowest BCUT2D eigenvalue weighted by atomic mass is 10.3. The minimum absolute atomic E-state index is 0.0683. The van der Waals surface area contributed by atoms with Crippen LogP contribution < -0.4 is 4.72 Å². The van der Waals surface area contributed by atoms with Crippen molar-refractivity contribution in [1.82, 2.24) is 14.5 Å². The molecule has 0 aliphatic carbocycles. The molecule has 0 spiro atoms. The van der Waals surface area contributed by atoms with Gasteiger partial charge in [-0.25, -0.2) is 26.6 Å². The van der Waals surface area contributed by atoms with Crippen LogP contribution in [0.15, 0.2) is 65.7 Å². The second kappa shape index (κ2) is 6.50. The SMILES string of the molecule is O=S(=O)(NCc1ccn(-c2ccccc2)n1)c1ccc(F)c(F)c1. The Morgan fingerprint density at radius 1 is 1.00 bits per heavy atom. The molecule has 0 saturated carbocycles. The molecule has 1 heterocycles. The van der Waals surface area contributed by atoms with Gasteiger partial charge in [-0.05, 0) is 36.4 Å². The van der Waals surface area contributed by atoms with E-state index in [1.165, 1.54) is 0 Å². The summed E-state index contributed by atoms with van der Waals surface area (Å²) < 4.78 is 54.2. The molecule has 1 aromatic heterocycles. The van der Waals surface area contributed by atoms with Crippen LogP contribution in [0.25, 0.3) is 5.69 Å². The first kappa shape index (κ1) is 16.3. The summed E-state index contributed by atoms with van der Waals surface area (Å²) in [5, 5.41) is 4.26. The summed E-state index contributed by atoms with van der Waals surface area (Å²) in [6.07, 6.45) is 1.70. The summed E-state index contributed by atoms with van der Waals surface area (Å²) in [6, 6.07) is 13.4. The molecule has 5 nitrogen and oxygen atoms in total. The normalized spacial score (nSPS) is 11.6. The number of nitrogens with one attached hydrogen (secondary N) is 1. The molecule has 0 amide bonds. The first-order chi connectivity index (χ1) is 11.5. The van der Waals surface area contributed by atoms with Gasteiger partial charge in [-0.15, -0.1) is 0 Å². The average Bonchev–Trinajstić information content (AvgIpc) is 3.05. The van der Waals surface area contributed by atoms with Crippen molar-refractivity contribution in [1.29, 1.82) is 0 Å². The van der Waals surface area contributed by atoms with Gasteiger partial charge in [-0.3, -0.25) is 0 Å². The maximum Gasteiger partial charge on any atom is 0.241 e. The second-order valence-corrected chi connectivity index (χ2v) is 6.75.